The minimum atomic E-state index is -1.86. The Kier molecular flexibility index (Phi) is 3.09. The number of aliphatic hydroxyl groups is 3. The van der Waals surface area contributed by atoms with E-state index in [4.69, 9.17) is 15.6 Å². The number of nitrogens with zero attached hydrogens (tertiary/aromatic N) is 1. The SMILES string of the molecule is N[C@]1(CO)O[C@@H](n2ccc(=O)[nH]c2=O)[C@H](O)[C@H]1O. The summed E-state index contributed by atoms with van der Waals surface area (Å²) in [5, 5.41) is 28.4. The van der Waals surface area contributed by atoms with E-state index in [2.05, 4.69) is 0 Å². The van der Waals surface area contributed by atoms with Crippen LogP contribution in [0.1, 0.15) is 6.23 Å². The van der Waals surface area contributed by atoms with Crippen molar-refractivity contribution < 1.29 is 20.1 Å². The van der Waals surface area contributed by atoms with E-state index in [1.165, 1.54) is 0 Å². The Hall–Kier alpha value is -1.52. The molecule has 100 valence electrons. The van der Waals surface area contributed by atoms with Crippen molar-refractivity contribution in [1.29, 1.82) is 0 Å². The molecule has 9 heteroatoms. The third-order valence-electron chi connectivity index (χ3n) is 2.83. The molecule has 2 heterocycles. The van der Waals surface area contributed by atoms with E-state index in [-0.39, 0.29) is 0 Å². The van der Waals surface area contributed by atoms with Crippen molar-refractivity contribution in [3.8, 4) is 0 Å². The molecule has 2 rings (SSSR count). The van der Waals surface area contributed by atoms with E-state index >= 15 is 0 Å². The predicted octanol–water partition coefficient (Wildman–Crippen LogP) is -3.57. The first-order chi connectivity index (χ1) is 8.39. The molecular formula is C9H13N3O6. The van der Waals surface area contributed by atoms with Crippen LogP contribution in [0.25, 0.3) is 0 Å². The Morgan fingerprint density at radius 2 is 2.17 bits per heavy atom. The van der Waals surface area contributed by atoms with Crippen molar-refractivity contribution in [2.75, 3.05) is 6.61 Å². The molecule has 0 bridgehead atoms. The summed E-state index contributed by atoms with van der Waals surface area (Å²) in [6.45, 7) is -0.736. The highest BCUT2D eigenvalue weighted by Gasteiger charge is 2.52. The Morgan fingerprint density at radius 3 is 2.67 bits per heavy atom. The molecule has 1 aromatic heterocycles. The molecule has 1 saturated heterocycles. The van der Waals surface area contributed by atoms with Gasteiger partial charge >= 0.3 is 5.69 Å². The highest BCUT2D eigenvalue weighted by Crippen LogP contribution is 2.32. The summed E-state index contributed by atoms with van der Waals surface area (Å²) in [6, 6.07) is 1.05. The molecule has 0 aromatic carbocycles. The lowest BCUT2D eigenvalue weighted by molar-refractivity contribution is -0.125. The Morgan fingerprint density at radius 1 is 1.50 bits per heavy atom. The quantitative estimate of drug-likeness (QED) is 0.368. The number of rotatable bonds is 2. The predicted molar refractivity (Wildman–Crippen MR) is 57.5 cm³/mol. The highest BCUT2D eigenvalue weighted by atomic mass is 16.6. The first kappa shape index (κ1) is 12.9. The van der Waals surface area contributed by atoms with Gasteiger partial charge in [0.05, 0.1) is 6.61 Å². The lowest BCUT2D eigenvalue weighted by atomic mass is 10.1. The molecule has 9 nitrogen and oxygen atoms in total. The van der Waals surface area contributed by atoms with E-state index in [1.54, 1.807) is 0 Å². The fraction of sp³-hybridized carbons (Fsp3) is 0.556. The first-order valence-corrected chi connectivity index (χ1v) is 5.14. The van der Waals surface area contributed by atoms with Gasteiger partial charge in [-0.15, -0.1) is 0 Å². The number of H-pyrrole nitrogens is 1. The standard InChI is InChI=1S/C9H13N3O6/c10-9(3-13)6(16)5(15)7(18-9)12-2-1-4(14)11-8(12)17/h1-2,5-7,13,15-16H,3,10H2,(H,11,14,17)/t5-,6-,7-,9-/m1/s1. The van der Waals surface area contributed by atoms with E-state index in [9.17, 15) is 19.8 Å². The fourth-order valence-electron chi connectivity index (χ4n) is 1.79. The van der Waals surface area contributed by atoms with Crippen molar-refractivity contribution in [2.45, 2.75) is 24.2 Å². The van der Waals surface area contributed by atoms with Crippen molar-refractivity contribution in [3.05, 3.63) is 33.1 Å². The fourth-order valence-corrected chi connectivity index (χ4v) is 1.79. The Labute approximate surface area is 100 Å². The molecule has 1 aliphatic rings. The van der Waals surface area contributed by atoms with Crippen LogP contribution in [0.5, 0.6) is 0 Å². The summed E-state index contributed by atoms with van der Waals surface area (Å²) < 4.78 is 5.97. The molecule has 6 N–H and O–H groups in total. The summed E-state index contributed by atoms with van der Waals surface area (Å²) in [5.41, 5.74) is 2.24. The monoisotopic (exact) mass is 259 g/mol. The summed E-state index contributed by atoms with van der Waals surface area (Å²) in [5.74, 6) is 0. The topological polar surface area (TPSA) is 151 Å². The molecule has 18 heavy (non-hydrogen) atoms. The van der Waals surface area contributed by atoms with E-state index < -0.39 is 42.0 Å². The molecule has 1 aromatic rings. The van der Waals surface area contributed by atoms with Gasteiger partial charge in [-0.2, -0.15) is 0 Å². The summed E-state index contributed by atoms with van der Waals surface area (Å²) in [4.78, 5) is 24.4. The number of aromatic nitrogens is 2. The zero-order valence-electron chi connectivity index (χ0n) is 9.18. The maximum Gasteiger partial charge on any atom is 0.330 e. The van der Waals surface area contributed by atoms with Gasteiger partial charge in [0, 0.05) is 12.3 Å². The maximum absolute atomic E-state index is 11.5. The second kappa shape index (κ2) is 4.30. The largest absolute Gasteiger partial charge is 0.392 e. The molecule has 0 amide bonds. The number of aliphatic hydroxyl groups excluding tert-OH is 3. The van der Waals surface area contributed by atoms with Gasteiger partial charge in [-0.25, -0.2) is 4.79 Å². The molecular weight excluding hydrogens is 246 g/mol. The van der Waals surface area contributed by atoms with Crippen LogP contribution in [0.4, 0.5) is 0 Å². The van der Waals surface area contributed by atoms with Crippen LogP contribution in [0.3, 0.4) is 0 Å². The molecule has 0 unspecified atom stereocenters. The Bertz CT molecular complexity index is 554. The molecule has 1 fully saturated rings. The van der Waals surface area contributed by atoms with Crippen LogP contribution >= 0.6 is 0 Å². The number of nitrogens with two attached hydrogens (primary N) is 1. The van der Waals surface area contributed by atoms with Crippen LogP contribution in [-0.2, 0) is 4.74 Å². The zero-order chi connectivity index (χ0) is 13.5. The van der Waals surface area contributed by atoms with Crippen LogP contribution in [0.2, 0.25) is 0 Å². The third-order valence-corrected chi connectivity index (χ3v) is 2.83. The normalized spacial score (nSPS) is 35.9. The highest BCUT2D eigenvalue weighted by molar-refractivity contribution is 4.98. The van der Waals surface area contributed by atoms with Crippen LogP contribution in [-0.4, -0.2) is 49.4 Å². The minimum Gasteiger partial charge on any atom is -0.392 e. The average Bonchev–Trinajstić information content (AvgIpc) is 2.55. The molecule has 0 saturated carbocycles. The van der Waals surface area contributed by atoms with Crippen LogP contribution in [0, 0.1) is 0 Å². The van der Waals surface area contributed by atoms with Crippen molar-refractivity contribution >= 4 is 0 Å². The number of ether oxygens (including phenoxy) is 1. The lowest BCUT2D eigenvalue weighted by Gasteiger charge is -2.24. The van der Waals surface area contributed by atoms with Gasteiger partial charge in [-0.3, -0.25) is 20.1 Å². The van der Waals surface area contributed by atoms with Gasteiger partial charge in [0.1, 0.15) is 12.2 Å². The van der Waals surface area contributed by atoms with E-state index in [1.807, 2.05) is 4.98 Å². The zero-order valence-corrected chi connectivity index (χ0v) is 9.18. The maximum atomic E-state index is 11.5. The van der Waals surface area contributed by atoms with Gasteiger partial charge < -0.3 is 20.1 Å². The van der Waals surface area contributed by atoms with Crippen molar-refractivity contribution in [1.82, 2.24) is 9.55 Å². The summed E-state index contributed by atoms with van der Waals surface area (Å²) in [7, 11) is 0. The van der Waals surface area contributed by atoms with Gasteiger partial charge in [-0.1, -0.05) is 0 Å². The number of hydrogen-bond donors (Lipinski definition) is 5. The molecule has 1 aliphatic heterocycles. The average molecular weight is 259 g/mol. The summed E-state index contributed by atoms with van der Waals surface area (Å²) >= 11 is 0. The summed E-state index contributed by atoms with van der Waals surface area (Å²) in [6.07, 6.45) is -3.26. The minimum absolute atomic E-state index is 0.606. The van der Waals surface area contributed by atoms with Crippen molar-refractivity contribution in [3.63, 3.8) is 0 Å². The second-order valence-electron chi connectivity index (χ2n) is 4.07. The molecule has 0 spiro atoms. The van der Waals surface area contributed by atoms with E-state index in [0.717, 1.165) is 16.8 Å². The molecule has 0 aliphatic carbocycles. The van der Waals surface area contributed by atoms with E-state index in [0.29, 0.717) is 0 Å². The van der Waals surface area contributed by atoms with Crippen LogP contribution in [0.15, 0.2) is 21.9 Å². The second-order valence-corrected chi connectivity index (χ2v) is 4.07. The van der Waals surface area contributed by atoms with Gasteiger partial charge in [0.15, 0.2) is 12.0 Å². The number of hydrogen-bond acceptors (Lipinski definition) is 7. The number of aromatic amines is 1. The van der Waals surface area contributed by atoms with Gasteiger partial charge in [0.2, 0.25) is 0 Å². The first-order valence-electron chi connectivity index (χ1n) is 5.14. The molecule has 4 atom stereocenters. The number of nitrogens with one attached hydrogen (secondary N) is 1. The van der Waals surface area contributed by atoms with Gasteiger partial charge in [-0.05, 0) is 0 Å². The smallest absolute Gasteiger partial charge is 0.330 e. The van der Waals surface area contributed by atoms with Crippen LogP contribution < -0.4 is 17.0 Å². The van der Waals surface area contributed by atoms with Gasteiger partial charge in [0.25, 0.3) is 5.56 Å². The Balaban J connectivity index is 2.41. The third kappa shape index (κ3) is 1.87. The molecule has 0 radical (unpaired) electrons. The van der Waals surface area contributed by atoms with Crippen molar-refractivity contribution in [2.24, 2.45) is 5.73 Å². The lowest BCUT2D eigenvalue weighted by Crippen LogP contribution is -2.54.